The lowest BCUT2D eigenvalue weighted by molar-refractivity contribution is -0.121. The van der Waals surface area contributed by atoms with Crippen molar-refractivity contribution in [2.45, 2.75) is 33.2 Å². The van der Waals surface area contributed by atoms with Gasteiger partial charge in [-0.1, -0.05) is 26.0 Å². The molecule has 0 radical (unpaired) electrons. The zero-order valence-corrected chi connectivity index (χ0v) is 10.9. The number of nitrogens with zero attached hydrogens (tertiary/aromatic N) is 3. The summed E-state index contributed by atoms with van der Waals surface area (Å²) in [4.78, 5) is 0. The lowest BCUT2D eigenvalue weighted by Gasteiger charge is -2.41. The Bertz CT molecular complexity index is 357. The van der Waals surface area contributed by atoms with Gasteiger partial charge in [0.2, 0.25) is 0 Å². The van der Waals surface area contributed by atoms with Gasteiger partial charge in [0.25, 0.3) is 0 Å². The van der Waals surface area contributed by atoms with Crippen molar-refractivity contribution in [2.75, 3.05) is 26.3 Å². The third-order valence-electron chi connectivity index (χ3n) is 3.21. The Hall–Kier alpha value is -0.940. The van der Waals surface area contributed by atoms with E-state index in [2.05, 4.69) is 42.6 Å². The predicted molar refractivity (Wildman–Crippen MR) is 65.9 cm³/mol. The van der Waals surface area contributed by atoms with Gasteiger partial charge in [0.15, 0.2) is 0 Å². The fourth-order valence-electron chi connectivity index (χ4n) is 2.03. The van der Waals surface area contributed by atoms with Crippen LogP contribution in [-0.2, 0) is 11.3 Å². The Morgan fingerprint density at radius 3 is 2.76 bits per heavy atom. The Balaban J connectivity index is 1.97. The van der Waals surface area contributed by atoms with Crippen LogP contribution in [0.25, 0.3) is 0 Å². The van der Waals surface area contributed by atoms with E-state index >= 15 is 0 Å². The molecule has 5 nitrogen and oxygen atoms in total. The Morgan fingerprint density at radius 2 is 2.29 bits per heavy atom. The summed E-state index contributed by atoms with van der Waals surface area (Å²) in [5, 5.41) is 11.8. The fraction of sp³-hybridized carbons (Fsp3) is 0.833. The summed E-state index contributed by atoms with van der Waals surface area (Å²) in [6.45, 7) is 10.9. The molecule has 1 aromatic rings. The van der Waals surface area contributed by atoms with Crippen molar-refractivity contribution in [3.8, 4) is 0 Å². The van der Waals surface area contributed by atoms with Gasteiger partial charge in [0.1, 0.15) is 0 Å². The molecular formula is C12H22N4O. The summed E-state index contributed by atoms with van der Waals surface area (Å²) in [5.74, 6) is 0.436. The van der Waals surface area contributed by atoms with Crippen LogP contribution in [0.4, 0.5) is 0 Å². The first-order valence-electron chi connectivity index (χ1n) is 6.34. The van der Waals surface area contributed by atoms with Crippen LogP contribution in [0, 0.1) is 5.41 Å². The standard InChI is InChI=1S/C12H22N4O/c1-4-13-6-12(8-17-9-12)7-16-5-11(10(2)3)14-15-16/h5,10,13H,4,6-9H2,1-3H3. The van der Waals surface area contributed by atoms with E-state index in [0.717, 1.165) is 38.5 Å². The second-order valence-corrected chi connectivity index (χ2v) is 5.27. The van der Waals surface area contributed by atoms with Crippen molar-refractivity contribution in [3.05, 3.63) is 11.9 Å². The molecule has 1 aliphatic heterocycles. The van der Waals surface area contributed by atoms with Crippen molar-refractivity contribution in [1.29, 1.82) is 0 Å². The van der Waals surface area contributed by atoms with Crippen LogP contribution in [0.5, 0.6) is 0 Å². The van der Waals surface area contributed by atoms with Gasteiger partial charge in [-0.15, -0.1) is 5.10 Å². The lowest BCUT2D eigenvalue weighted by atomic mass is 9.86. The number of ether oxygens (including phenoxy) is 1. The summed E-state index contributed by atoms with van der Waals surface area (Å²) >= 11 is 0. The largest absolute Gasteiger partial charge is 0.380 e. The normalized spacial score (nSPS) is 18.4. The van der Waals surface area contributed by atoms with Crippen LogP contribution >= 0.6 is 0 Å². The van der Waals surface area contributed by atoms with Gasteiger partial charge in [-0.05, 0) is 12.5 Å². The first kappa shape index (κ1) is 12.5. The summed E-state index contributed by atoms with van der Waals surface area (Å²) in [7, 11) is 0. The van der Waals surface area contributed by atoms with Gasteiger partial charge >= 0.3 is 0 Å². The van der Waals surface area contributed by atoms with E-state index in [0.29, 0.717) is 5.92 Å². The minimum absolute atomic E-state index is 0.206. The highest BCUT2D eigenvalue weighted by Gasteiger charge is 2.39. The van der Waals surface area contributed by atoms with Crippen molar-refractivity contribution >= 4 is 0 Å². The SMILES string of the molecule is CCNCC1(Cn2cc(C(C)C)nn2)COC1. The molecule has 0 atom stereocenters. The molecule has 2 heterocycles. The van der Waals surface area contributed by atoms with Crippen LogP contribution in [0.15, 0.2) is 6.20 Å². The molecule has 96 valence electrons. The second kappa shape index (κ2) is 5.14. The lowest BCUT2D eigenvalue weighted by Crippen LogP contribution is -2.52. The molecule has 5 heteroatoms. The second-order valence-electron chi connectivity index (χ2n) is 5.27. The number of aromatic nitrogens is 3. The molecule has 1 saturated heterocycles. The highest BCUT2D eigenvalue weighted by atomic mass is 16.5. The van der Waals surface area contributed by atoms with Gasteiger partial charge in [-0.3, -0.25) is 4.68 Å². The van der Waals surface area contributed by atoms with Crippen molar-refractivity contribution < 1.29 is 4.74 Å². The molecule has 0 spiro atoms. The Morgan fingerprint density at radius 1 is 1.53 bits per heavy atom. The van der Waals surface area contributed by atoms with Gasteiger partial charge in [-0.25, -0.2) is 0 Å². The smallest absolute Gasteiger partial charge is 0.0852 e. The zero-order chi connectivity index (χ0) is 12.3. The van der Waals surface area contributed by atoms with Gasteiger partial charge in [0.05, 0.1) is 25.5 Å². The molecule has 1 aliphatic rings. The minimum atomic E-state index is 0.206. The summed E-state index contributed by atoms with van der Waals surface area (Å²) < 4.78 is 7.31. The highest BCUT2D eigenvalue weighted by Crippen LogP contribution is 2.28. The molecule has 0 bridgehead atoms. The predicted octanol–water partition coefficient (Wildman–Crippen LogP) is 1.03. The number of nitrogens with one attached hydrogen (secondary N) is 1. The van der Waals surface area contributed by atoms with Gasteiger partial charge in [-0.2, -0.15) is 0 Å². The van der Waals surface area contributed by atoms with E-state index in [9.17, 15) is 0 Å². The van der Waals surface area contributed by atoms with E-state index in [1.54, 1.807) is 0 Å². The fourth-order valence-corrected chi connectivity index (χ4v) is 2.03. The Labute approximate surface area is 103 Å². The van der Waals surface area contributed by atoms with Crippen LogP contribution in [0.1, 0.15) is 32.4 Å². The topological polar surface area (TPSA) is 52.0 Å². The average Bonchev–Trinajstić information content (AvgIpc) is 2.70. The summed E-state index contributed by atoms with van der Waals surface area (Å²) in [6, 6.07) is 0. The number of hydrogen-bond acceptors (Lipinski definition) is 4. The molecule has 0 saturated carbocycles. The monoisotopic (exact) mass is 238 g/mol. The zero-order valence-electron chi connectivity index (χ0n) is 10.9. The van der Waals surface area contributed by atoms with Crippen molar-refractivity contribution in [2.24, 2.45) is 5.41 Å². The highest BCUT2D eigenvalue weighted by molar-refractivity contribution is 4.99. The van der Waals surface area contributed by atoms with E-state index in [-0.39, 0.29) is 5.41 Å². The molecule has 2 rings (SSSR count). The van der Waals surface area contributed by atoms with Crippen LogP contribution in [0.2, 0.25) is 0 Å². The van der Waals surface area contributed by atoms with E-state index < -0.39 is 0 Å². The van der Waals surface area contributed by atoms with Crippen molar-refractivity contribution in [1.82, 2.24) is 20.3 Å². The van der Waals surface area contributed by atoms with Gasteiger partial charge < -0.3 is 10.1 Å². The third kappa shape index (κ3) is 2.84. The molecule has 1 fully saturated rings. The quantitative estimate of drug-likeness (QED) is 0.804. The maximum Gasteiger partial charge on any atom is 0.0852 e. The third-order valence-corrected chi connectivity index (χ3v) is 3.21. The Kier molecular flexibility index (Phi) is 3.79. The molecule has 0 unspecified atom stereocenters. The van der Waals surface area contributed by atoms with Crippen LogP contribution < -0.4 is 5.32 Å². The molecule has 0 aromatic carbocycles. The molecule has 0 amide bonds. The molecule has 1 aromatic heterocycles. The van der Waals surface area contributed by atoms with Crippen LogP contribution in [0.3, 0.4) is 0 Å². The average molecular weight is 238 g/mol. The van der Waals surface area contributed by atoms with E-state index in [1.165, 1.54) is 0 Å². The number of rotatable bonds is 6. The van der Waals surface area contributed by atoms with Gasteiger partial charge in [0, 0.05) is 18.2 Å². The molecule has 1 N–H and O–H groups in total. The van der Waals surface area contributed by atoms with Crippen molar-refractivity contribution in [3.63, 3.8) is 0 Å². The maximum absolute atomic E-state index is 5.36. The van der Waals surface area contributed by atoms with Crippen LogP contribution in [-0.4, -0.2) is 41.3 Å². The van der Waals surface area contributed by atoms with E-state index in [1.807, 2.05) is 4.68 Å². The first-order valence-corrected chi connectivity index (χ1v) is 6.34. The minimum Gasteiger partial charge on any atom is -0.380 e. The summed E-state index contributed by atoms with van der Waals surface area (Å²) in [6.07, 6.45) is 2.05. The molecular weight excluding hydrogens is 216 g/mol. The summed E-state index contributed by atoms with van der Waals surface area (Å²) in [5.41, 5.74) is 1.27. The molecule has 17 heavy (non-hydrogen) atoms. The first-order chi connectivity index (χ1) is 8.15. The molecule has 0 aliphatic carbocycles. The van der Waals surface area contributed by atoms with E-state index in [4.69, 9.17) is 4.74 Å². The maximum atomic E-state index is 5.36. The number of hydrogen-bond donors (Lipinski definition) is 1.